The van der Waals surface area contributed by atoms with Crippen molar-refractivity contribution in [1.29, 1.82) is 0 Å². The molecule has 7 nitrogen and oxygen atoms in total. The van der Waals surface area contributed by atoms with Crippen LogP contribution in [0, 0.1) is 5.92 Å². The van der Waals surface area contributed by atoms with Crippen LogP contribution in [0.15, 0.2) is 73.1 Å². The Labute approximate surface area is 175 Å². The molecule has 0 unspecified atom stereocenters. The number of benzene rings is 2. The Morgan fingerprint density at radius 3 is 2.73 bits per heavy atom. The van der Waals surface area contributed by atoms with Crippen molar-refractivity contribution in [3.63, 3.8) is 0 Å². The number of hydrogen-bond acceptors (Lipinski definition) is 5. The molecule has 1 aliphatic rings. The van der Waals surface area contributed by atoms with Crippen LogP contribution < -0.4 is 10.1 Å². The summed E-state index contributed by atoms with van der Waals surface area (Å²) in [7, 11) is 0. The van der Waals surface area contributed by atoms with Gasteiger partial charge in [-0.25, -0.2) is 9.48 Å². The van der Waals surface area contributed by atoms with Crippen LogP contribution >= 0.6 is 0 Å². The van der Waals surface area contributed by atoms with E-state index in [0.717, 1.165) is 17.0 Å². The van der Waals surface area contributed by atoms with E-state index in [1.54, 1.807) is 10.9 Å². The maximum absolute atomic E-state index is 12.2. The molecule has 0 bridgehead atoms. The standard InChI is InChI=1S/C23H25N3O4/c27-23(24-15-18-5-2-1-3-6-18)30-22-11-14-28-16-19(22)17-29-21-9-7-20(8-10-21)26-13-4-12-25-26/h1-10,12-13,19,22H,11,14-17H2,(H,24,27)/t19-,22+/m1/s1. The van der Waals surface area contributed by atoms with Crippen LogP contribution in [-0.2, 0) is 16.0 Å². The van der Waals surface area contributed by atoms with Gasteiger partial charge in [0.25, 0.3) is 0 Å². The molecule has 0 aliphatic carbocycles. The van der Waals surface area contributed by atoms with Crippen LogP contribution in [0.2, 0.25) is 0 Å². The molecule has 0 saturated carbocycles. The Kier molecular flexibility index (Phi) is 6.61. The monoisotopic (exact) mass is 407 g/mol. The van der Waals surface area contributed by atoms with Crippen LogP contribution in [0.25, 0.3) is 5.69 Å². The van der Waals surface area contributed by atoms with Gasteiger partial charge < -0.3 is 19.5 Å². The van der Waals surface area contributed by atoms with Crippen LogP contribution in [-0.4, -0.2) is 41.8 Å². The van der Waals surface area contributed by atoms with E-state index in [0.29, 0.717) is 32.8 Å². The number of aromatic nitrogens is 2. The number of ether oxygens (including phenoxy) is 3. The summed E-state index contributed by atoms with van der Waals surface area (Å²) in [5.74, 6) is 0.732. The van der Waals surface area contributed by atoms with Crippen LogP contribution in [0.1, 0.15) is 12.0 Å². The highest BCUT2D eigenvalue weighted by Gasteiger charge is 2.29. The van der Waals surface area contributed by atoms with Crippen molar-refractivity contribution < 1.29 is 19.0 Å². The molecule has 3 aromatic rings. The molecule has 156 valence electrons. The molecular weight excluding hydrogens is 382 g/mol. The molecular formula is C23H25N3O4. The molecule has 4 rings (SSSR count). The summed E-state index contributed by atoms with van der Waals surface area (Å²) in [6.45, 7) is 1.93. The molecule has 2 aromatic carbocycles. The number of rotatable bonds is 7. The van der Waals surface area contributed by atoms with Gasteiger partial charge in [0.2, 0.25) is 0 Å². The minimum absolute atomic E-state index is 0.0213. The third-order valence-electron chi connectivity index (χ3n) is 5.01. The minimum Gasteiger partial charge on any atom is -0.493 e. The van der Waals surface area contributed by atoms with Crippen LogP contribution in [0.4, 0.5) is 4.79 Å². The number of nitrogens with one attached hydrogen (secondary N) is 1. The van der Waals surface area contributed by atoms with Gasteiger partial charge in [-0.15, -0.1) is 0 Å². The molecule has 1 aromatic heterocycles. The quantitative estimate of drug-likeness (QED) is 0.648. The molecule has 1 N–H and O–H groups in total. The lowest BCUT2D eigenvalue weighted by Gasteiger charge is -2.31. The SMILES string of the molecule is O=C(NCc1ccccc1)O[C@H]1CCOC[C@@H]1COc1ccc(-n2cccn2)cc1. The first-order valence-electron chi connectivity index (χ1n) is 10.1. The highest BCUT2D eigenvalue weighted by atomic mass is 16.6. The van der Waals surface area contributed by atoms with Gasteiger partial charge >= 0.3 is 6.09 Å². The van der Waals surface area contributed by atoms with Crippen molar-refractivity contribution in [3.05, 3.63) is 78.6 Å². The fourth-order valence-electron chi connectivity index (χ4n) is 3.36. The first-order chi connectivity index (χ1) is 14.8. The molecule has 2 heterocycles. The van der Waals surface area contributed by atoms with Crippen molar-refractivity contribution in [2.24, 2.45) is 5.92 Å². The van der Waals surface area contributed by atoms with E-state index in [4.69, 9.17) is 14.2 Å². The van der Waals surface area contributed by atoms with E-state index in [2.05, 4.69) is 10.4 Å². The van der Waals surface area contributed by atoms with Gasteiger partial charge in [0.05, 0.1) is 31.4 Å². The largest absolute Gasteiger partial charge is 0.493 e. The number of alkyl carbamates (subject to hydrolysis) is 1. The Bertz CT molecular complexity index is 913. The number of nitrogens with zero attached hydrogens (tertiary/aromatic N) is 2. The molecule has 7 heteroatoms. The Morgan fingerprint density at radius 1 is 1.13 bits per heavy atom. The summed E-state index contributed by atoms with van der Waals surface area (Å²) < 4.78 is 19.0. The maximum Gasteiger partial charge on any atom is 0.407 e. The minimum atomic E-state index is -0.417. The Hall–Kier alpha value is -3.32. The summed E-state index contributed by atoms with van der Waals surface area (Å²) in [5.41, 5.74) is 1.99. The smallest absolute Gasteiger partial charge is 0.407 e. The lowest BCUT2D eigenvalue weighted by Crippen LogP contribution is -2.41. The highest BCUT2D eigenvalue weighted by Crippen LogP contribution is 2.21. The van der Waals surface area contributed by atoms with Crippen molar-refractivity contribution in [2.45, 2.75) is 19.1 Å². The molecule has 0 spiro atoms. The fourth-order valence-corrected chi connectivity index (χ4v) is 3.36. The zero-order chi connectivity index (χ0) is 20.6. The summed E-state index contributed by atoms with van der Waals surface area (Å²) in [6, 6.07) is 19.3. The van der Waals surface area contributed by atoms with Gasteiger partial charge in [0, 0.05) is 25.4 Å². The molecule has 0 radical (unpaired) electrons. The highest BCUT2D eigenvalue weighted by molar-refractivity contribution is 5.67. The molecule has 1 amide bonds. The van der Waals surface area contributed by atoms with E-state index in [-0.39, 0.29) is 12.0 Å². The predicted octanol–water partition coefficient (Wildman–Crippen LogP) is 3.58. The lowest BCUT2D eigenvalue weighted by molar-refractivity contribution is -0.0560. The summed E-state index contributed by atoms with van der Waals surface area (Å²) >= 11 is 0. The molecule has 30 heavy (non-hydrogen) atoms. The van der Waals surface area contributed by atoms with E-state index < -0.39 is 6.09 Å². The zero-order valence-electron chi connectivity index (χ0n) is 16.6. The van der Waals surface area contributed by atoms with Gasteiger partial charge in [-0.1, -0.05) is 30.3 Å². The average Bonchev–Trinajstić information content (AvgIpc) is 3.33. The second-order valence-corrected chi connectivity index (χ2v) is 7.16. The molecule has 1 saturated heterocycles. The number of carbonyl (C=O) groups excluding carboxylic acids is 1. The van der Waals surface area contributed by atoms with Gasteiger partial charge in [-0.2, -0.15) is 5.10 Å². The van der Waals surface area contributed by atoms with E-state index in [1.807, 2.05) is 66.9 Å². The second-order valence-electron chi connectivity index (χ2n) is 7.16. The van der Waals surface area contributed by atoms with Gasteiger partial charge in [0.15, 0.2) is 0 Å². The Balaban J connectivity index is 1.27. The second kappa shape index (κ2) is 9.93. The number of hydrogen-bond donors (Lipinski definition) is 1. The summed E-state index contributed by atoms with van der Waals surface area (Å²) in [5, 5.41) is 7.02. The van der Waals surface area contributed by atoms with E-state index in [1.165, 1.54) is 0 Å². The number of carbonyl (C=O) groups is 1. The van der Waals surface area contributed by atoms with Crippen LogP contribution in [0.3, 0.4) is 0 Å². The zero-order valence-corrected chi connectivity index (χ0v) is 16.6. The van der Waals surface area contributed by atoms with Gasteiger partial charge in [0.1, 0.15) is 11.9 Å². The van der Waals surface area contributed by atoms with E-state index >= 15 is 0 Å². The van der Waals surface area contributed by atoms with Gasteiger partial charge in [-0.3, -0.25) is 0 Å². The summed E-state index contributed by atoms with van der Waals surface area (Å²) in [4.78, 5) is 12.2. The average molecular weight is 407 g/mol. The molecule has 2 atom stereocenters. The fraction of sp³-hybridized carbons (Fsp3) is 0.304. The normalized spacial score (nSPS) is 18.5. The first-order valence-corrected chi connectivity index (χ1v) is 10.1. The van der Waals surface area contributed by atoms with E-state index in [9.17, 15) is 4.79 Å². The van der Waals surface area contributed by atoms with Crippen molar-refractivity contribution >= 4 is 6.09 Å². The van der Waals surface area contributed by atoms with Crippen LogP contribution in [0.5, 0.6) is 5.75 Å². The third kappa shape index (κ3) is 5.39. The van der Waals surface area contributed by atoms with Crippen molar-refractivity contribution in [1.82, 2.24) is 15.1 Å². The van der Waals surface area contributed by atoms with Crippen molar-refractivity contribution in [2.75, 3.05) is 19.8 Å². The molecule has 1 fully saturated rings. The summed E-state index contributed by atoms with van der Waals surface area (Å²) in [6.07, 6.45) is 3.63. The Morgan fingerprint density at radius 2 is 1.97 bits per heavy atom. The van der Waals surface area contributed by atoms with Gasteiger partial charge in [-0.05, 0) is 35.9 Å². The predicted molar refractivity (Wildman–Crippen MR) is 112 cm³/mol. The topological polar surface area (TPSA) is 74.6 Å². The first kappa shape index (κ1) is 20.0. The third-order valence-corrected chi connectivity index (χ3v) is 5.01. The van der Waals surface area contributed by atoms with Crippen molar-refractivity contribution in [3.8, 4) is 11.4 Å². The maximum atomic E-state index is 12.2. The number of amides is 1. The molecule has 1 aliphatic heterocycles. The lowest BCUT2D eigenvalue weighted by atomic mass is 9.99.